The largest absolute Gasteiger partial charge is 0.496 e. The minimum absolute atomic E-state index is 0.0752. The van der Waals surface area contributed by atoms with Crippen molar-refractivity contribution in [3.05, 3.63) is 52.3 Å². The van der Waals surface area contributed by atoms with E-state index in [2.05, 4.69) is 12.2 Å². The van der Waals surface area contributed by atoms with Crippen molar-refractivity contribution in [2.75, 3.05) is 13.7 Å². The van der Waals surface area contributed by atoms with Gasteiger partial charge in [-0.2, -0.15) is 0 Å². The van der Waals surface area contributed by atoms with Crippen LogP contribution in [0.5, 0.6) is 5.75 Å². The summed E-state index contributed by atoms with van der Waals surface area (Å²) in [7, 11) is 1.65. The van der Waals surface area contributed by atoms with Crippen LogP contribution in [0.25, 0.3) is 11.3 Å². The van der Waals surface area contributed by atoms with Gasteiger partial charge in [0, 0.05) is 24.2 Å². The third-order valence-electron chi connectivity index (χ3n) is 3.65. The first kappa shape index (κ1) is 16.3. The van der Waals surface area contributed by atoms with Crippen LogP contribution >= 0.6 is 0 Å². The molecule has 1 heterocycles. The summed E-state index contributed by atoms with van der Waals surface area (Å²) in [5.74, 6) is 0.784. The topological polar surface area (TPSA) is 43.3 Å². The minimum atomic E-state index is 0.0752. The van der Waals surface area contributed by atoms with Crippen molar-refractivity contribution in [1.29, 1.82) is 0 Å². The van der Waals surface area contributed by atoms with E-state index in [0.29, 0.717) is 13.1 Å². The molecule has 2 rings (SSSR count). The van der Waals surface area contributed by atoms with Crippen molar-refractivity contribution < 1.29 is 4.74 Å². The lowest BCUT2D eigenvalue weighted by Crippen LogP contribution is -2.28. The quantitative estimate of drug-likeness (QED) is 0.854. The van der Waals surface area contributed by atoms with Crippen LogP contribution in [0.4, 0.5) is 0 Å². The van der Waals surface area contributed by atoms with Gasteiger partial charge in [0.25, 0.3) is 5.56 Å². The number of ether oxygens (including phenoxy) is 1. The first-order valence-electron chi connectivity index (χ1n) is 7.79. The molecule has 0 saturated heterocycles. The van der Waals surface area contributed by atoms with E-state index < -0.39 is 0 Å². The molecule has 4 nitrogen and oxygen atoms in total. The molecular formula is C18H24N2O2. The van der Waals surface area contributed by atoms with Gasteiger partial charge in [0.2, 0.25) is 0 Å². The zero-order valence-corrected chi connectivity index (χ0v) is 13.6. The number of nitrogens with zero attached hydrogens (tertiary/aromatic N) is 1. The Balaban J connectivity index is 2.56. The van der Waals surface area contributed by atoms with Gasteiger partial charge in [-0.15, -0.1) is 0 Å². The molecule has 0 aliphatic rings. The molecule has 0 aliphatic carbocycles. The number of nitrogens with one attached hydrogen (secondary N) is 1. The molecule has 1 aromatic heterocycles. The number of hydrogen-bond acceptors (Lipinski definition) is 3. The number of benzene rings is 1. The summed E-state index contributed by atoms with van der Waals surface area (Å²) in [6.45, 7) is 6.27. The third kappa shape index (κ3) is 3.39. The molecule has 0 radical (unpaired) electrons. The van der Waals surface area contributed by atoms with Gasteiger partial charge in [-0.05, 0) is 31.2 Å². The van der Waals surface area contributed by atoms with E-state index >= 15 is 0 Å². The fourth-order valence-corrected chi connectivity index (χ4v) is 2.55. The van der Waals surface area contributed by atoms with Crippen LogP contribution in [0.1, 0.15) is 25.8 Å². The Morgan fingerprint density at radius 1 is 1.14 bits per heavy atom. The van der Waals surface area contributed by atoms with Crippen molar-refractivity contribution in [3.8, 4) is 17.0 Å². The SMILES string of the molecule is CCCn1c(-c2ccccc2OC)ccc(CNCC)c1=O. The van der Waals surface area contributed by atoms with Crippen LogP contribution in [0.3, 0.4) is 0 Å². The van der Waals surface area contributed by atoms with Crippen LogP contribution in [-0.4, -0.2) is 18.2 Å². The number of methoxy groups -OCH3 is 1. The van der Waals surface area contributed by atoms with Gasteiger partial charge in [-0.3, -0.25) is 4.79 Å². The molecule has 22 heavy (non-hydrogen) atoms. The van der Waals surface area contributed by atoms with Crippen LogP contribution in [0.15, 0.2) is 41.2 Å². The second-order valence-electron chi connectivity index (χ2n) is 5.18. The molecule has 0 fully saturated rings. The maximum Gasteiger partial charge on any atom is 0.255 e. The van der Waals surface area contributed by atoms with Crippen molar-refractivity contribution >= 4 is 0 Å². The molecular weight excluding hydrogens is 276 g/mol. The Morgan fingerprint density at radius 2 is 1.91 bits per heavy atom. The minimum Gasteiger partial charge on any atom is -0.496 e. The van der Waals surface area contributed by atoms with Crippen LogP contribution in [0.2, 0.25) is 0 Å². The van der Waals surface area contributed by atoms with Gasteiger partial charge in [-0.1, -0.05) is 32.0 Å². The summed E-state index contributed by atoms with van der Waals surface area (Å²) >= 11 is 0. The second kappa shape index (κ2) is 7.80. The van der Waals surface area contributed by atoms with E-state index in [4.69, 9.17) is 4.74 Å². The Hall–Kier alpha value is -2.07. The van der Waals surface area contributed by atoms with Crippen molar-refractivity contribution in [2.24, 2.45) is 0 Å². The smallest absolute Gasteiger partial charge is 0.255 e. The van der Waals surface area contributed by atoms with Gasteiger partial charge in [0.1, 0.15) is 5.75 Å². The Morgan fingerprint density at radius 3 is 2.59 bits per heavy atom. The fourth-order valence-electron chi connectivity index (χ4n) is 2.55. The predicted molar refractivity (Wildman–Crippen MR) is 90.4 cm³/mol. The van der Waals surface area contributed by atoms with Gasteiger partial charge in [0.15, 0.2) is 0 Å². The average molecular weight is 300 g/mol. The normalized spacial score (nSPS) is 10.7. The lowest BCUT2D eigenvalue weighted by molar-refractivity contribution is 0.416. The lowest BCUT2D eigenvalue weighted by Gasteiger charge is -2.16. The lowest BCUT2D eigenvalue weighted by atomic mass is 10.1. The molecule has 1 aromatic carbocycles. The summed E-state index contributed by atoms with van der Waals surface area (Å²) in [5.41, 5.74) is 2.73. The maximum atomic E-state index is 12.7. The second-order valence-corrected chi connectivity index (χ2v) is 5.18. The summed E-state index contributed by atoms with van der Waals surface area (Å²) < 4.78 is 7.29. The zero-order valence-electron chi connectivity index (χ0n) is 13.6. The molecule has 0 bridgehead atoms. The molecule has 0 saturated carbocycles. The number of para-hydroxylation sites is 1. The van der Waals surface area contributed by atoms with Crippen LogP contribution in [0, 0.1) is 0 Å². The maximum absolute atomic E-state index is 12.7. The highest BCUT2D eigenvalue weighted by atomic mass is 16.5. The molecule has 0 unspecified atom stereocenters. The van der Waals surface area contributed by atoms with E-state index in [1.54, 1.807) is 7.11 Å². The molecule has 0 atom stereocenters. The van der Waals surface area contributed by atoms with E-state index in [0.717, 1.165) is 35.5 Å². The highest BCUT2D eigenvalue weighted by molar-refractivity contribution is 5.67. The molecule has 0 spiro atoms. The molecule has 2 aromatic rings. The van der Waals surface area contributed by atoms with E-state index in [-0.39, 0.29) is 5.56 Å². The summed E-state index contributed by atoms with van der Waals surface area (Å²) in [4.78, 5) is 12.7. The molecule has 0 aliphatic heterocycles. The van der Waals surface area contributed by atoms with E-state index in [9.17, 15) is 4.79 Å². The Bertz CT molecular complexity index is 677. The van der Waals surface area contributed by atoms with E-state index in [1.165, 1.54) is 0 Å². The first-order valence-corrected chi connectivity index (χ1v) is 7.79. The third-order valence-corrected chi connectivity index (χ3v) is 3.65. The summed E-state index contributed by atoms with van der Waals surface area (Å²) in [5, 5.41) is 3.22. The highest BCUT2D eigenvalue weighted by Crippen LogP contribution is 2.29. The number of rotatable bonds is 7. The highest BCUT2D eigenvalue weighted by Gasteiger charge is 2.13. The number of hydrogen-bond donors (Lipinski definition) is 1. The van der Waals surface area contributed by atoms with Gasteiger partial charge in [0.05, 0.1) is 12.8 Å². The Labute approximate surface area is 131 Å². The molecule has 118 valence electrons. The Kier molecular flexibility index (Phi) is 5.78. The van der Waals surface area contributed by atoms with Crippen molar-refractivity contribution in [1.82, 2.24) is 9.88 Å². The first-order chi connectivity index (χ1) is 10.7. The van der Waals surface area contributed by atoms with Crippen LogP contribution < -0.4 is 15.6 Å². The molecule has 1 N–H and O–H groups in total. The van der Waals surface area contributed by atoms with Gasteiger partial charge < -0.3 is 14.6 Å². The monoisotopic (exact) mass is 300 g/mol. The predicted octanol–water partition coefficient (Wildman–Crippen LogP) is 3.04. The van der Waals surface area contributed by atoms with Crippen molar-refractivity contribution in [2.45, 2.75) is 33.4 Å². The standard InChI is InChI=1S/C18H24N2O2/c1-4-12-20-16(15-8-6-7-9-17(15)22-3)11-10-14(18(20)21)13-19-5-2/h6-11,19H,4-5,12-13H2,1-3H3. The summed E-state index contributed by atoms with van der Waals surface area (Å²) in [6, 6.07) is 11.7. The van der Waals surface area contributed by atoms with Crippen molar-refractivity contribution in [3.63, 3.8) is 0 Å². The van der Waals surface area contributed by atoms with Crippen LogP contribution in [-0.2, 0) is 13.1 Å². The van der Waals surface area contributed by atoms with Gasteiger partial charge >= 0.3 is 0 Å². The van der Waals surface area contributed by atoms with Gasteiger partial charge in [-0.25, -0.2) is 0 Å². The average Bonchev–Trinajstić information content (AvgIpc) is 2.56. The number of pyridine rings is 1. The summed E-state index contributed by atoms with van der Waals surface area (Å²) in [6.07, 6.45) is 0.909. The number of aromatic nitrogens is 1. The molecule has 0 amide bonds. The zero-order chi connectivity index (χ0) is 15.9. The molecule has 4 heteroatoms. The fraction of sp³-hybridized carbons (Fsp3) is 0.389. The van der Waals surface area contributed by atoms with E-state index in [1.807, 2.05) is 47.9 Å².